The topological polar surface area (TPSA) is 44.4 Å². The molecule has 4 rings (SSSR count). The fourth-order valence-corrected chi connectivity index (χ4v) is 3.32. The van der Waals surface area contributed by atoms with Crippen LogP contribution in [0.5, 0.6) is 0 Å². The number of nitrogens with zero attached hydrogens (tertiary/aromatic N) is 1. The molecule has 0 bridgehead atoms. The second-order valence-electron chi connectivity index (χ2n) is 5.74. The summed E-state index contributed by atoms with van der Waals surface area (Å²) in [4.78, 5) is 14.8. The van der Waals surface area contributed by atoms with E-state index >= 15 is 0 Å². The molecule has 1 saturated carbocycles. The molecule has 1 saturated heterocycles. The molecule has 2 aliphatic heterocycles. The summed E-state index contributed by atoms with van der Waals surface area (Å²) in [6.45, 7) is 2.92. The quantitative estimate of drug-likeness (QED) is 0.800. The normalized spacial score (nSPS) is 26.2. The van der Waals surface area contributed by atoms with Crippen molar-refractivity contribution in [1.29, 1.82) is 0 Å². The molecule has 1 aromatic carbocycles. The lowest BCUT2D eigenvalue weighted by Gasteiger charge is -2.38. The predicted molar refractivity (Wildman–Crippen MR) is 74.5 cm³/mol. The van der Waals surface area contributed by atoms with Crippen LogP contribution in [0.3, 0.4) is 0 Å². The minimum absolute atomic E-state index is 0.126. The van der Waals surface area contributed by atoms with Crippen molar-refractivity contribution in [3.8, 4) is 0 Å². The van der Waals surface area contributed by atoms with Crippen molar-refractivity contribution in [1.82, 2.24) is 10.6 Å². The summed E-state index contributed by atoms with van der Waals surface area (Å²) >= 11 is 0. The van der Waals surface area contributed by atoms with E-state index in [1.807, 2.05) is 0 Å². The number of nitrogens with one attached hydrogen (secondary N) is 2. The summed E-state index contributed by atoms with van der Waals surface area (Å²) in [5, 5.41) is 6.59. The largest absolute Gasteiger partial charge is 0.349 e. The molecule has 4 nitrogen and oxygen atoms in total. The molecule has 0 spiro atoms. The fourth-order valence-electron chi connectivity index (χ4n) is 3.32. The molecule has 1 aromatic rings. The highest BCUT2D eigenvalue weighted by Gasteiger charge is 2.36. The van der Waals surface area contributed by atoms with Crippen molar-refractivity contribution in [3.63, 3.8) is 0 Å². The van der Waals surface area contributed by atoms with E-state index in [0.717, 1.165) is 37.3 Å². The van der Waals surface area contributed by atoms with E-state index < -0.39 is 0 Å². The number of benzene rings is 1. The van der Waals surface area contributed by atoms with Gasteiger partial charge in [-0.2, -0.15) is 0 Å². The van der Waals surface area contributed by atoms with Gasteiger partial charge in [0, 0.05) is 13.1 Å². The highest BCUT2D eigenvalue weighted by atomic mass is 16.2. The molecule has 3 aliphatic rings. The number of carbonyl (C=O) groups is 1. The third-order valence-electron chi connectivity index (χ3n) is 4.43. The summed E-state index contributed by atoms with van der Waals surface area (Å²) in [6, 6.07) is 6.35. The molecule has 2 N–H and O–H groups in total. The Bertz CT molecular complexity index is 524. The van der Waals surface area contributed by atoms with Crippen LogP contribution in [-0.4, -0.2) is 31.7 Å². The Balaban J connectivity index is 1.81. The third kappa shape index (κ3) is 1.82. The summed E-state index contributed by atoms with van der Waals surface area (Å²) in [7, 11) is 0. The number of fused-ring (bicyclic) bond motifs is 3. The monoisotopic (exact) mass is 257 g/mol. The van der Waals surface area contributed by atoms with Crippen molar-refractivity contribution in [2.75, 3.05) is 24.5 Å². The van der Waals surface area contributed by atoms with Gasteiger partial charge in [-0.15, -0.1) is 0 Å². The van der Waals surface area contributed by atoms with Crippen LogP contribution in [0.2, 0.25) is 0 Å². The zero-order valence-electron chi connectivity index (χ0n) is 11.0. The van der Waals surface area contributed by atoms with Crippen LogP contribution in [0.15, 0.2) is 18.2 Å². The average Bonchev–Trinajstić information content (AvgIpc) is 3.25. The molecular formula is C15H19N3O. The maximum Gasteiger partial charge on any atom is 0.255 e. The molecule has 1 atom stereocenters. The lowest BCUT2D eigenvalue weighted by Crippen LogP contribution is -2.53. The zero-order valence-corrected chi connectivity index (χ0v) is 11.0. The van der Waals surface area contributed by atoms with Gasteiger partial charge in [0.1, 0.15) is 6.17 Å². The van der Waals surface area contributed by atoms with Crippen molar-refractivity contribution >= 4 is 11.6 Å². The third-order valence-corrected chi connectivity index (χ3v) is 4.43. The van der Waals surface area contributed by atoms with Crippen LogP contribution in [0, 0.1) is 0 Å². The van der Waals surface area contributed by atoms with Gasteiger partial charge in [0.15, 0.2) is 0 Å². The van der Waals surface area contributed by atoms with Crippen LogP contribution in [-0.2, 0) is 0 Å². The fraction of sp³-hybridized carbons (Fsp3) is 0.533. The van der Waals surface area contributed by atoms with Crippen molar-refractivity contribution in [3.05, 3.63) is 29.3 Å². The first-order valence-corrected chi connectivity index (χ1v) is 7.26. The van der Waals surface area contributed by atoms with Gasteiger partial charge in [0.2, 0.25) is 0 Å². The second-order valence-corrected chi connectivity index (χ2v) is 5.74. The first-order valence-electron chi connectivity index (χ1n) is 7.26. The molecule has 1 amide bonds. The van der Waals surface area contributed by atoms with Gasteiger partial charge in [-0.25, -0.2) is 0 Å². The summed E-state index contributed by atoms with van der Waals surface area (Å²) in [6.07, 6.45) is 3.59. The van der Waals surface area contributed by atoms with Crippen LogP contribution < -0.4 is 15.5 Å². The number of carbonyl (C=O) groups excluding carboxylic acids is 1. The Morgan fingerprint density at radius 1 is 1.16 bits per heavy atom. The first kappa shape index (κ1) is 11.3. The number of amides is 1. The Labute approximate surface area is 113 Å². The van der Waals surface area contributed by atoms with E-state index in [2.05, 4.69) is 33.7 Å². The van der Waals surface area contributed by atoms with Gasteiger partial charge in [0.05, 0.1) is 11.3 Å². The van der Waals surface area contributed by atoms with E-state index in [1.54, 1.807) is 0 Å². The molecule has 2 heterocycles. The smallest absolute Gasteiger partial charge is 0.255 e. The maximum atomic E-state index is 12.4. The van der Waals surface area contributed by atoms with E-state index in [0.29, 0.717) is 5.92 Å². The first-order chi connectivity index (χ1) is 9.34. The van der Waals surface area contributed by atoms with Crippen LogP contribution in [0.25, 0.3) is 0 Å². The van der Waals surface area contributed by atoms with Crippen LogP contribution >= 0.6 is 0 Å². The molecule has 100 valence electrons. The van der Waals surface area contributed by atoms with Gasteiger partial charge >= 0.3 is 0 Å². The highest BCUT2D eigenvalue weighted by Crippen LogP contribution is 2.44. The maximum absolute atomic E-state index is 12.4. The number of hydrogen-bond acceptors (Lipinski definition) is 3. The molecular weight excluding hydrogens is 238 g/mol. The van der Waals surface area contributed by atoms with E-state index in [1.165, 1.54) is 18.4 Å². The number of anilines is 1. The average molecular weight is 257 g/mol. The molecule has 0 aromatic heterocycles. The van der Waals surface area contributed by atoms with E-state index in [4.69, 9.17) is 0 Å². The molecule has 19 heavy (non-hydrogen) atoms. The Morgan fingerprint density at radius 3 is 2.89 bits per heavy atom. The Hall–Kier alpha value is -1.55. The summed E-state index contributed by atoms with van der Waals surface area (Å²) in [5.74, 6) is 0.739. The minimum Gasteiger partial charge on any atom is -0.349 e. The molecule has 2 fully saturated rings. The molecule has 1 aliphatic carbocycles. The van der Waals surface area contributed by atoms with Gasteiger partial charge in [0.25, 0.3) is 5.91 Å². The van der Waals surface area contributed by atoms with Crippen molar-refractivity contribution < 1.29 is 4.79 Å². The van der Waals surface area contributed by atoms with Gasteiger partial charge in [-0.1, -0.05) is 12.1 Å². The lowest BCUT2D eigenvalue weighted by molar-refractivity contribution is 0.0925. The lowest BCUT2D eigenvalue weighted by atomic mass is 9.97. The zero-order chi connectivity index (χ0) is 12.8. The van der Waals surface area contributed by atoms with E-state index in [-0.39, 0.29) is 12.1 Å². The van der Waals surface area contributed by atoms with Gasteiger partial charge in [-0.05, 0) is 43.4 Å². The molecule has 4 heteroatoms. The summed E-state index contributed by atoms with van der Waals surface area (Å²) in [5.41, 5.74) is 3.33. The second kappa shape index (κ2) is 4.23. The number of hydrogen-bond donors (Lipinski definition) is 2. The Morgan fingerprint density at radius 2 is 2.05 bits per heavy atom. The standard InChI is InChI=1S/C15H19N3O/c19-15-14-11(10-4-5-10)2-1-3-12(14)18-9-8-16-7-6-13(18)17-15/h1-3,10,13,16H,4-9H2,(H,17,19)/t13-/m1/s1. The molecule has 0 unspecified atom stereocenters. The minimum atomic E-state index is 0.126. The summed E-state index contributed by atoms with van der Waals surface area (Å²) < 4.78 is 0. The predicted octanol–water partition coefficient (Wildman–Crippen LogP) is 1.43. The van der Waals surface area contributed by atoms with E-state index in [9.17, 15) is 4.79 Å². The van der Waals surface area contributed by atoms with Crippen LogP contribution in [0.1, 0.15) is 41.1 Å². The number of rotatable bonds is 1. The van der Waals surface area contributed by atoms with Crippen molar-refractivity contribution in [2.24, 2.45) is 0 Å². The molecule has 0 radical (unpaired) electrons. The Kier molecular flexibility index (Phi) is 2.52. The highest BCUT2D eigenvalue weighted by molar-refractivity contribution is 6.03. The van der Waals surface area contributed by atoms with Crippen LogP contribution in [0.4, 0.5) is 5.69 Å². The van der Waals surface area contributed by atoms with Gasteiger partial charge in [-0.3, -0.25) is 4.79 Å². The van der Waals surface area contributed by atoms with Gasteiger partial charge < -0.3 is 15.5 Å². The van der Waals surface area contributed by atoms with Crippen molar-refractivity contribution in [2.45, 2.75) is 31.3 Å². The SMILES string of the molecule is O=C1N[C@H]2CCNCCN2c2cccc(C3CC3)c21.